The van der Waals surface area contributed by atoms with Gasteiger partial charge >= 0.3 is 5.97 Å². The van der Waals surface area contributed by atoms with E-state index >= 15 is 0 Å². The van der Waals surface area contributed by atoms with E-state index in [4.69, 9.17) is 10.4 Å². The Kier molecular flexibility index (Phi) is 2.95. The summed E-state index contributed by atoms with van der Waals surface area (Å²) < 4.78 is 24.8. The van der Waals surface area contributed by atoms with Crippen LogP contribution in [0.2, 0.25) is 0 Å². The van der Waals surface area contributed by atoms with E-state index in [1.165, 1.54) is 6.92 Å². The van der Waals surface area contributed by atoms with Gasteiger partial charge in [-0.15, -0.1) is 0 Å². The molecular formula is C9H6F2N2O2. The Morgan fingerprint density at radius 3 is 2.67 bits per heavy atom. The second-order valence-corrected chi connectivity index (χ2v) is 2.78. The van der Waals surface area contributed by atoms with E-state index in [9.17, 15) is 13.6 Å². The number of carboxylic acids is 1. The van der Waals surface area contributed by atoms with Crippen molar-refractivity contribution in [3.63, 3.8) is 0 Å². The van der Waals surface area contributed by atoms with Crippen molar-refractivity contribution in [3.8, 4) is 6.07 Å². The first-order valence-corrected chi connectivity index (χ1v) is 3.90. The standard InChI is InChI=1S/C9H6F2N2O2/c1-4-5(2-12)7(9(14)15)13-3-6(4)8(10)11/h3,8H,1H3,(H,14,15). The summed E-state index contributed by atoms with van der Waals surface area (Å²) in [5.74, 6) is -1.41. The van der Waals surface area contributed by atoms with Crippen LogP contribution in [0.5, 0.6) is 0 Å². The van der Waals surface area contributed by atoms with Crippen molar-refractivity contribution < 1.29 is 18.7 Å². The Hall–Kier alpha value is -2.03. The van der Waals surface area contributed by atoms with Crippen molar-refractivity contribution in [3.05, 3.63) is 28.6 Å². The molecule has 1 aromatic heterocycles. The highest BCUT2D eigenvalue weighted by atomic mass is 19.3. The zero-order valence-electron chi connectivity index (χ0n) is 7.66. The fraction of sp³-hybridized carbons (Fsp3) is 0.222. The minimum Gasteiger partial charge on any atom is -0.476 e. The number of aromatic carboxylic acids is 1. The van der Waals surface area contributed by atoms with Gasteiger partial charge in [0.2, 0.25) is 0 Å². The Bertz CT molecular complexity index is 452. The molecule has 0 radical (unpaired) electrons. The second-order valence-electron chi connectivity index (χ2n) is 2.78. The van der Waals surface area contributed by atoms with Crippen LogP contribution in [0.4, 0.5) is 8.78 Å². The van der Waals surface area contributed by atoms with Crippen molar-refractivity contribution in [2.24, 2.45) is 0 Å². The molecule has 1 rings (SSSR count). The zero-order chi connectivity index (χ0) is 11.6. The second kappa shape index (κ2) is 4.00. The highest BCUT2D eigenvalue weighted by Gasteiger charge is 2.20. The van der Waals surface area contributed by atoms with Crippen molar-refractivity contribution in [1.82, 2.24) is 4.98 Å². The van der Waals surface area contributed by atoms with Gasteiger partial charge in [-0.1, -0.05) is 0 Å². The Labute approximate surface area is 83.8 Å². The van der Waals surface area contributed by atoms with E-state index in [0.29, 0.717) is 0 Å². The molecule has 4 nitrogen and oxygen atoms in total. The van der Waals surface area contributed by atoms with Crippen molar-refractivity contribution in [1.29, 1.82) is 5.26 Å². The fourth-order valence-corrected chi connectivity index (χ4v) is 1.14. The molecule has 0 bridgehead atoms. The maximum Gasteiger partial charge on any atom is 0.355 e. The maximum atomic E-state index is 12.4. The molecule has 0 aliphatic carbocycles. The number of aromatic nitrogens is 1. The number of alkyl halides is 2. The lowest BCUT2D eigenvalue weighted by Gasteiger charge is -2.07. The van der Waals surface area contributed by atoms with Gasteiger partial charge in [0, 0.05) is 11.8 Å². The van der Waals surface area contributed by atoms with Crippen molar-refractivity contribution in [2.75, 3.05) is 0 Å². The van der Waals surface area contributed by atoms with Crippen LogP contribution in [-0.4, -0.2) is 16.1 Å². The quantitative estimate of drug-likeness (QED) is 0.812. The first-order valence-electron chi connectivity index (χ1n) is 3.90. The van der Waals surface area contributed by atoms with E-state index in [-0.39, 0.29) is 11.1 Å². The highest BCUT2D eigenvalue weighted by Crippen LogP contribution is 2.25. The Balaban J connectivity index is 3.48. The number of nitriles is 1. The van der Waals surface area contributed by atoms with Crippen LogP contribution < -0.4 is 0 Å². The van der Waals surface area contributed by atoms with Gasteiger partial charge in [0.1, 0.15) is 6.07 Å². The third-order valence-corrected chi connectivity index (χ3v) is 1.93. The van der Waals surface area contributed by atoms with Gasteiger partial charge in [-0.25, -0.2) is 18.6 Å². The van der Waals surface area contributed by atoms with Crippen LogP contribution in [0.1, 0.15) is 33.6 Å². The summed E-state index contributed by atoms with van der Waals surface area (Å²) in [6, 6.07) is 1.56. The van der Waals surface area contributed by atoms with E-state index in [0.717, 1.165) is 6.20 Å². The topological polar surface area (TPSA) is 74.0 Å². The van der Waals surface area contributed by atoms with Gasteiger partial charge in [-0.3, -0.25) is 0 Å². The summed E-state index contributed by atoms with van der Waals surface area (Å²) in [5, 5.41) is 17.3. The van der Waals surface area contributed by atoms with Crippen molar-refractivity contribution in [2.45, 2.75) is 13.3 Å². The summed E-state index contributed by atoms with van der Waals surface area (Å²) in [6.45, 7) is 1.27. The molecule has 0 saturated carbocycles. The molecule has 15 heavy (non-hydrogen) atoms. The first-order chi connectivity index (χ1) is 6.99. The number of nitrogens with zero attached hydrogens (tertiary/aromatic N) is 2. The molecule has 0 aliphatic heterocycles. The van der Waals surface area contributed by atoms with Gasteiger partial charge in [-0.05, 0) is 12.5 Å². The number of hydrogen-bond acceptors (Lipinski definition) is 3. The van der Waals surface area contributed by atoms with E-state index in [1.807, 2.05) is 0 Å². The summed E-state index contributed by atoms with van der Waals surface area (Å²) in [7, 11) is 0. The molecule has 1 N–H and O–H groups in total. The largest absolute Gasteiger partial charge is 0.476 e. The normalized spacial score (nSPS) is 10.1. The molecule has 0 amide bonds. The number of hydrogen-bond donors (Lipinski definition) is 1. The molecular weight excluding hydrogens is 206 g/mol. The van der Waals surface area contributed by atoms with Crippen LogP contribution in [0.3, 0.4) is 0 Å². The first kappa shape index (κ1) is 11.0. The smallest absolute Gasteiger partial charge is 0.355 e. The van der Waals surface area contributed by atoms with E-state index < -0.39 is 23.7 Å². The molecule has 1 aromatic rings. The number of halogens is 2. The molecule has 0 unspecified atom stereocenters. The summed E-state index contributed by atoms with van der Waals surface area (Å²) in [5.41, 5.74) is -1.28. The minimum atomic E-state index is -2.77. The molecule has 0 aromatic carbocycles. The van der Waals surface area contributed by atoms with Crippen LogP contribution in [0.15, 0.2) is 6.20 Å². The third kappa shape index (κ3) is 1.91. The molecule has 1 heterocycles. The predicted octanol–water partition coefficient (Wildman–Crippen LogP) is 1.90. The molecule has 0 atom stereocenters. The lowest BCUT2D eigenvalue weighted by Crippen LogP contribution is -2.07. The molecule has 6 heteroatoms. The van der Waals surface area contributed by atoms with E-state index in [1.54, 1.807) is 6.07 Å². The monoisotopic (exact) mass is 212 g/mol. The maximum absolute atomic E-state index is 12.4. The summed E-state index contributed by atoms with van der Waals surface area (Å²) in [6.07, 6.45) is -1.99. The Morgan fingerprint density at radius 2 is 2.27 bits per heavy atom. The van der Waals surface area contributed by atoms with Gasteiger partial charge in [0.05, 0.1) is 5.56 Å². The number of carboxylic acid groups (broad SMARTS) is 1. The summed E-state index contributed by atoms with van der Waals surface area (Å²) >= 11 is 0. The molecule has 78 valence electrons. The predicted molar refractivity (Wildman–Crippen MR) is 45.6 cm³/mol. The lowest BCUT2D eigenvalue weighted by atomic mass is 10.0. The molecule has 0 aliphatic rings. The fourth-order valence-electron chi connectivity index (χ4n) is 1.14. The van der Waals surface area contributed by atoms with Crippen LogP contribution >= 0.6 is 0 Å². The number of pyridine rings is 1. The molecule has 0 spiro atoms. The average molecular weight is 212 g/mol. The number of carbonyl (C=O) groups is 1. The highest BCUT2D eigenvalue weighted by molar-refractivity contribution is 5.88. The van der Waals surface area contributed by atoms with Gasteiger partial charge < -0.3 is 5.11 Å². The third-order valence-electron chi connectivity index (χ3n) is 1.93. The van der Waals surface area contributed by atoms with Crippen LogP contribution in [-0.2, 0) is 0 Å². The van der Waals surface area contributed by atoms with Gasteiger partial charge in [0.25, 0.3) is 6.43 Å². The van der Waals surface area contributed by atoms with Gasteiger partial charge in [-0.2, -0.15) is 5.26 Å². The Morgan fingerprint density at radius 1 is 1.67 bits per heavy atom. The van der Waals surface area contributed by atoms with Crippen LogP contribution in [0.25, 0.3) is 0 Å². The molecule has 0 saturated heterocycles. The van der Waals surface area contributed by atoms with Gasteiger partial charge in [0.15, 0.2) is 5.69 Å². The van der Waals surface area contributed by atoms with Crippen molar-refractivity contribution >= 4 is 5.97 Å². The van der Waals surface area contributed by atoms with Crippen LogP contribution in [0, 0.1) is 18.3 Å². The summed E-state index contributed by atoms with van der Waals surface area (Å²) in [4.78, 5) is 13.9. The number of rotatable bonds is 2. The minimum absolute atomic E-state index is 0.0418. The average Bonchev–Trinajstić information content (AvgIpc) is 2.16. The SMILES string of the molecule is Cc1c(C(F)F)cnc(C(=O)O)c1C#N. The zero-order valence-corrected chi connectivity index (χ0v) is 7.66. The lowest BCUT2D eigenvalue weighted by molar-refractivity contribution is 0.0689. The van der Waals surface area contributed by atoms with E-state index in [2.05, 4.69) is 4.98 Å². The molecule has 0 fully saturated rings.